The molecule has 0 aromatic carbocycles. The number of carboxylic acid groups (broad SMARTS) is 1. The summed E-state index contributed by atoms with van der Waals surface area (Å²) in [5.74, 6) is -1.23. The van der Waals surface area contributed by atoms with E-state index in [2.05, 4.69) is 0 Å². The molecule has 4 N–H and O–H groups in total. The van der Waals surface area contributed by atoms with Gasteiger partial charge in [0.2, 0.25) is 0 Å². The molecule has 1 aromatic rings. The van der Waals surface area contributed by atoms with Gasteiger partial charge in [-0.25, -0.2) is 0 Å². The molecular weight excluding hydrogens is 208 g/mol. The van der Waals surface area contributed by atoms with E-state index in [0.717, 1.165) is 0 Å². The highest BCUT2D eigenvalue weighted by Gasteiger charge is 2.29. The summed E-state index contributed by atoms with van der Waals surface area (Å²) in [5.41, 5.74) is 5.22. The Hall–Kier alpha value is -1.17. The molecule has 14 heavy (non-hydrogen) atoms. The van der Waals surface area contributed by atoms with E-state index >= 15 is 0 Å². The van der Waals surface area contributed by atoms with Crippen molar-refractivity contribution in [2.45, 2.75) is 12.3 Å². The lowest BCUT2D eigenvalue weighted by Gasteiger charge is -2.09. The molecular formula is C8H11ClN2O3. The second-order valence-electron chi connectivity index (χ2n) is 2.60. The maximum absolute atomic E-state index is 10.4. The van der Waals surface area contributed by atoms with E-state index in [4.69, 9.17) is 10.8 Å². The van der Waals surface area contributed by atoms with Gasteiger partial charge in [0.1, 0.15) is 0 Å². The fourth-order valence-corrected chi connectivity index (χ4v) is 0.901. The topological polar surface area (TPSA) is 87.4 Å². The van der Waals surface area contributed by atoms with Crippen molar-refractivity contribution in [3.63, 3.8) is 0 Å². The van der Waals surface area contributed by atoms with Crippen LogP contribution in [0.3, 0.4) is 0 Å². The van der Waals surface area contributed by atoms with Crippen LogP contribution in [0.4, 0.5) is 0 Å². The number of aliphatic hydroxyl groups is 1. The van der Waals surface area contributed by atoms with Crippen molar-refractivity contribution in [1.29, 1.82) is 0 Å². The van der Waals surface area contributed by atoms with E-state index in [1.807, 2.05) is 0 Å². The Morgan fingerprint density at radius 2 is 1.79 bits per heavy atom. The van der Waals surface area contributed by atoms with Crippen LogP contribution in [0.25, 0.3) is 0 Å². The van der Waals surface area contributed by atoms with Crippen molar-refractivity contribution in [2.24, 2.45) is 5.73 Å². The van der Waals surface area contributed by atoms with E-state index < -0.39 is 18.2 Å². The van der Waals surface area contributed by atoms with Gasteiger partial charge in [-0.15, -0.1) is 0 Å². The highest BCUT2D eigenvalue weighted by Crippen LogP contribution is 1.95. The van der Waals surface area contributed by atoms with Crippen molar-refractivity contribution in [1.82, 2.24) is 0 Å². The van der Waals surface area contributed by atoms with Crippen LogP contribution in [0.5, 0.6) is 0 Å². The summed E-state index contributed by atoms with van der Waals surface area (Å²) in [4.78, 5) is 10.4. The van der Waals surface area contributed by atoms with Gasteiger partial charge in [-0.2, -0.15) is 4.57 Å². The maximum Gasteiger partial charge on any atom is 0.330 e. The Morgan fingerprint density at radius 1 is 1.29 bits per heavy atom. The fraction of sp³-hybridized carbons (Fsp3) is 0.250. The summed E-state index contributed by atoms with van der Waals surface area (Å²) < 4.78 is 1.33. The number of aliphatic hydroxyl groups excluding tert-OH is 1. The molecule has 0 aliphatic carbocycles. The minimum absolute atomic E-state index is 0. The highest BCUT2D eigenvalue weighted by molar-refractivity contribution is 5.73. The second kappa shape index (κ2) is 5.54. The number of hydrogen-bond donors (Lipinski definition) is 3. The molecule has 0 bridgehead atoms. The number of halogens is 1. The number of aliphatic carboxylic acids is 1. The third kappa shape index (κ3) is 2.95. The maximum atomic E-state index is 10.4. The van der Waals surface area contributed by atoms with Crippen LogP contribution in [0.2, 0.25) is 0 Å². The highest BCUT2D eigenvalue weighted by atomic mass is 35.5. The quantitative estimate of drug-likeness (QED) is 0.450. The zero-order chi connectivity index (χ0) is 9.84. The summed E-state index contributed by atoms with van der Waals surface area (Å²) in [6.07, 6.45) is 1.86. The SMILES string of the molecule is NC(C(=O)O)C(O)[n+]1ccccc1.[Cl-]. The Morgan fingerprint density at radius 3 is 2.21 bits per heavy atom. The van der Waals surface area contributed by atoms with Crippen LogP contribution >= 0.6 is 0 Å². The molecule has 0 fully saturated rings. The Kier molecular flexibility index (Phi) is 5.07. The van der Waals surface area contributed by atoms with Gasteiger partial charge in [-0.1, -0.05) is 6.07 Å². The normalized spacial score (nSPS) is 13.9. The molecule has 1 aromatic heterocycles. The average molecular weight is 219 g/mol. The number of nitrogens with zero attached hydrogens (tertiary/aromatic N) is 1. The van der Waals surface area contributed by atoms with Crippen molar-refractivity contribution in [2.75, 3.05) is 0 Å². The molecule has 78 valence electrons. The van der Waals surface area contributed by atoms with Crippen molar-refractivity contribution < 1.29 is 32.0 Å². The van der Waals surface area contributed by atoms with Crippen molar-refractivity contribution >= 4 is 5.97 Å². The van der Waals surface area contributed by atoms with Gasteiger partial charge in [-0.3, -0.25) is 4.79 Å². The number of rotatable bonds is 3. The number of hydrogen-bond acceptors (Lipinski definition) is 3. The van der Waals surface area contributed by atoms with Crippen LogP contribution in [-0.4, -0.2) is 22.2 Å². The molecule has 2 atom stereocenters. The lowest BCUT2D eigenvalue weighted by atomic mass is 10.2. The van der Waals surface area contributed by atoms with E-state index in [1.165, 1.54) is 4.57 Å². The predicted molar refractivity (Wildman–Crippen MR) is 43.5 cm³/mol. The number of carbonyl (C=O) groups is 1. The van der Waals surface area contributed by atoms with Crippen LogP contribution < -0.4 is 22.7 Å². The molecule has 0 amide bonds. The van der Waals surface area contributed by atoms with Gasteiger partial charge in [0, 0.05) is 12.1 Å². The monoisotopic (exact) mass is 218 g/mol. The van der Waals surface area contributed by atoms with E-state index in [9.17, 15) is 9.90 Å². The third-order valence-corrected chi connectivity index (χ3v) is 1.65. The van der Waals surface area contributed by atoms with Gasteiger partial charge < -0.3 is 28.4 Å². The molecule has 0 aliphatic heterocycles. The number of carboxylic acids is 1. The van der Waals surface area contributed by atoms with Crippen LogP contribution in [-0.2, 0) is 4.79 Å². The fourth-order valence-electron chi connectivity index (χ4n) is 0.901. The smallest absolute Gasteiger partial charge is 0.330 e. The van der Waals surface area contributed by atoms with Gasteiger partial charge in [0.25, 0.3) is 6.23 Å². The van der Waals surface area contributed by atoms with E-state index in [-0.39, 0.29) is 12.4 Å². The van der Waals surface area contributed by atoms with Gasteiger partial charge in [-0.05, 0) is 0 Å². The molecule has 0 aliphatic rings. The first-order valence-corrected chi connectivity index (χ1v) is 3.75. The molecule has 1 heterocycles. The molecule has 5 nitrogen and oxygen atoms in total. The zero-order valence-corrected chi connectivity index (χ0v) is 8.00. The first-order chi connectivity index (χ1) is 6.13. The first kappa shape index (κ1) is 12.8. The predicted octanol–water partition coefficient (Wildman–Crippen LogP) is -4.12. The lowest BCUT2D eigenvalue weighted by Crippen LogP contribution is -3.00. The first-order valence-electron chi connectivity index (χ1n) is 3.75. The van der Waals surface area contributed by atoms with Gasteiger partial charge in [0.05, 0.1) is 0 Å². The van der Waals surface area contributed by atoms with Gasteiger partial charge in [0.15, 0.2) is 18.4 Å². The van der Waals surface area contributed by atoms with Crippen molar-refractivity contribution in [3.05, 3.63) is 30.6 Å². The Balaban J connectivity index is 0.00000169. The Bertz CT molecular complexity index is 294. The molecule has 1 rings (SSSR count). The molecule has 2 unspecified atom stereocenters. The third-order valence-electron chi connectivity index (χ3n) is 1.65. The van der Waals surface area contributed by atoms with Gasteiger partial charge >= 0.3 is 5.97 Å². The zero-order valence-electron chi connectivity index (χ0n) is 7.25. The minimum atomic E-state index is -1.31. The number of aromatic nitrogens is 1. The summed E-state index contributed by atoms with van der Waals surface area (Å²) in [5, 5.41) is 17.9. The molecule has 6 heteroatoms. The summed E-state index contributed by atoms with van der Waals surface area (Å²) in [6, 6.07) is 3.80. The van der Waals surface area contributed by atoms with E-state index in [1.54, 1.807) is 30.6 Å². The molecule has 0 spiro atoms. The summed E-state index contributed by atoms with van der Waals surface area (Å²) in [6.45, 7) is 0. The van der Waals surface area contributed by atoms with Crippen LogP contribution in [0.15, 0.2) is 30.6 Å². The van der Waals surface area contributed by atoms with E-state index in [0.29, 0.717) is 0 Å². The van der Waals surface area contributed by atoms with Crippen LogP contribution in [0, 0.1) is 0 Å². The number of nitrogens with two attached hydrogens (primary N) is 1. The number of pyridine rings is 1. The Labute approximate surface area is 87.2 Å². The average Bonchev–Trinajstić information content (AvgIpc) is 2.17. The summed E-state index contributed by atoms with van der Waals surface area (Å²) in [7, 11) is 0. The van der Waals surface area contributed by atoms with Crippen molar-refractivity contribution in [3.8, 4) is 0 Å². The lowest BCUT2D eigenvalue weighted by molar-refractivity contribution is -0.760. The standard InChI is InChI=1S/C8H10N2O3.ClH/c9-6(8(12)13)7(11)10-4-2-1-3-5-10;/h1-7,11H,9H2;1H. The molecule has 0 radical (unpaired) electrons. The largest absolute Gasteiger partial charge is 1.00 e. The molecule has 0 saturated carbocycles. The minimum Gasteiger partial charge on any atom is -1.00 e. The molecule has 0 saturated heterocycles. The van der Waals surface area contributed by atoms with Crippen LogP contribution in [0.1, 0.15) is 6.23 Å². The second-order valence-corrected chi connectivity index (χ2v) is 2.60. The summed E-state index contributed by atoms with van der Waals surface area (Å²) >= 11 is 0.